The van der Waals surface area contributed by atoms with Crippen molar-refractivity contribution in [3.63, 3.8) is 0 Å². The SMILES string of the molecule is Cc1ccc(N)cc1-c1cc(N[C@H](C)CO)nc(-c2ccnc(NC(=O)C3CC3)c2)c1. The molecule has 7 nitrogen and oxygen atoms in total. The molecule has 1 fully saturated rings. The van der Waals surface area contributed by atoms with E-state index in [0.29, 0.717) is 17.3 Å². The van der Waals surface area contributed by atoms with Crippen molar-refractivity contribution in [2.24, 2.45) is 5.92 Å². The van der Waals surface area contributed by atoms with E-state index in [9.17, 15) is 9.90 Å². The highest BCUT2D eigenvalue weighted by Gasteiger charge is 2.29. The maximum absolute atomic E-state index is 12.1. The third-order valence-corrected chi connectivity index (χ3v) is 5.32. The molecule has 1 atom stereocenters. The van der Waals surface area contributed by atoms with E-state index in [4.69, 9.17) is 10.7 Å². The van der Waals surface area contributed by atoms with Crippen molar-refractivity contribution in [3.8, 4) is 22.4 Å². The fraction of sp³-hybridized carbons (Fsp3) is 0.292. The first kappa shape index (κ1) is 20.8. The van der Waals surface area contributed by atoms with Crippen LogP contribution in [0.5, 0.6) is 0 Å². The number of nitrogens with two attached hydrogens (primary N) is 1. The molecule has 31 heavy (non-hydrogen) atoms. The van der Waals surface area contributed by atoms with Crippen molar-refractivity contribution in [1.82, 2.24) is 9.97 Å². The summed E-state index contributed by atoms with van der Waals surface area (Å²) in [6.45, 7) is 3.92. The molecule has 1 aliphatic carbocycles. The topological polar surface area (TPSA) is 113 Å². The molecular weight excluding hydrogens is 390 g/mol. The summed E-state index contributed by atoms with van der Waals surface area (Å²) >= 11 is 0. The number of nitrogen functional groups attached to an aromatic ring is 1. The molecule has 1 aliphatic rings. The number of hydrogen-bond donors (Lipinski definition) is 4. The summed E-state index contributed by atoms with van der Waals surface area (Å²) in [5.74, 6) is 1.28. The Morgan fingerprint density at radius 2 is 1.94 bits per heavy atom. The average Bonchev–Trinajstić information content (AvgIpc) is 3.61. The van der Waals surface area contributed by atoms with Crippen LogP contribution in [0, 0.1) is 12.8 Å². The number of carbonyl (C=O) groups is 1. The van der Waals surface area contributed by atoms with Crippen molar-refractivity contribution < 1.29 is 9.90 Å². The number of amides is 1. The number of rotatable bonds is 7. The lowest BCUT2D eigenvalue weighted by molar-refractivity contribution is -0.117. The van der Waals surface area contributed by atoms with E-state index in [1.807, 2.05) is 56.3 Å². The number of pyridine rings is 2. The number of aromatic nitrogens is 2. The molecule has 3 aromatic rings. The number of benzene rings is 1. The highest BCUT2D eigenvalue weighted by atomic mass is 16.3. The highest BCUT2D eigenvalue weighted by Crippen LogP contribution is 2.33. The smallest absolute Gasteiger partial charge is 0.228 e. The van der Waals surface area contributed by atoms with Crippen molar-refractivity contribution in [1.29, 1.82) is 0 Å². The summed E-state index contributed by atoms with van der Waals surface area (Å²) in [6.07, 6.45) is 3.54. The zero-order valence-corrected chi connectivity index (χ0v) is 17.7. The average molecular weight is 418 g/mol. The molecule has 0 radical (unpaired) electrons. The van der Waals surface area contributed by atoms with Gasteiger partial charge in [0.05, 0.1) is 12.3 Å². The minimum atomic E-state index is -0.150. The third-order valence-electron chi connectivity index (χ3n) is 5.32. The molecule has 4 rings (SSSR count). The van der Waals surface area contributed by atoms with E-state index in [0.717, 1.165) is 40.8 Å². The molecule has 0 saturated heterocycles. The zero-order valence-electron chi connectivity index (χ0n) is 17.7. The molecule has 0 bridgehead atoms. The van der Waals surface area contributed by atoms with Crippen molar-refractivity contribution in [2.75, 3.05) is 23.0 Å². The fourth-order valence-electron chi connectivity index (χ4n) is 3.39. The Labute approximate surface area is 181 Å². The van der Waals surface area contributed by atoms with E-state index in [2.05, 4.69) is 15.6 Å². The Bertz CT molecular complexity index is 1110. The molecule has 160 valence electrons. The van der Waals surface area contributed by atoms with Crippen molar-refractivity contribution >= 4 is 23.2 Å². The van der Waals surface area contributed by atoms with E-state index in [-0.39, 0.29) is 24.5 Å². The molecule has 5 N–H and O–H groups in total. The number of aliphatic hydroxyl groups excluding tert-OH is 1. The normalized spacial score (nSPS) is 14.2. The third kappa shape index (κ3) is 5.00. The van der Waals surface area contributed by atoms with Gasteiger partial charge in [-0.1, -0.05) is 6.07 Å². The second-order valence-electron chi connectivity index (χ2n) is 8.12. The number of carbonyl (C=O) groups excluding carboxylic acids is 1. The first-order valence-corrected chi connectivity index (χ1v) is 10.5. The van der Waals surface area contributed by atoms with Gasteiger partial charge >= 0.3 is 0 Å². The lowest BCUT2D eigenvalue weighted by atomic mass is 9.98. The lowest BCUT2D eigenvalue weighted by Crippen LogP contribution is -2.20. The second kappa shape index (κ2) is 8.73. The Hall–Kier alpha value is -3.45. The van der Waals surface area contributed by atoms with Gasteiger partial charge in [0.15, 0.2) is 0 Å². The van der Waals surface area contributed by atoms with Gasteiger partial charge in [0, 0.05) is 29.4 Å². The van der Waals surface area contributed by atoms with Crippen LogP contribution < -0.4 is 16.4 Å². The summed E-state index contributed by atoms with van der Waals surface area (Å²) in [6, 6.07) is 13.3. The number of nitrogens with one attached hydrogen (secondary N) is 2. The van der Waals surface area contributed by atoms with Gasteiger partial charge in [-0.2, -0.15) is 0 Å². The van der Waals surface area contributed by atoms with Crippen LogP contribution in [-0.4, -0.2) is 33.6 Å². The van der Waals surface area contributed by atoms with E-state index in [1.165, 1.54) is 0 Å². The summed E-state index contributed by atoms with van der Waals surface area (Å²) < 4.78 is 0. The Balaban J connectivity index is 1.75. The molecule has 2 heterocycles. The van der Waals surface area contributed by atoms with Crippen LogP contribution in [-0.2, 0) is 4.79 Å². The monoisotopic (exact) mass is 417 g/mol. The Kier molecular flexibility index (Phi) is 5.86. The zero-order chi connectivity index (χ0) is 22.0. The van der Waals surface area contributed by atoms with Gasteiger partial charge in [0.25, 0.3) is 0 Å². The van der Waals surface area contributed by atoms with Crippen LogP contribution in [0.15, 0.2) is 48.7 Å². The molecule has 2 aromatic heterocycles. The maximum atomic E-state index is 12.1. The van der Waals surface area contributed by atoms with Gasteiger partial charge in [-0.05, 0) is 79.8 Å². The van der Waals surface area contributed by atoms with Gasteiger partial charge in [-0.25, -0.2) is 9.97 Å². The van der Waals surface area contributed by atoms with Gasteiger partial charge < -0.3 is 21.5 Å². The molecular formula is C24H27N5O2. The standard InChI is InChI=1S/C24H27N5O2/c1-14-3-6-19(25)12-20(14)18-9-21(28-23(11-18)27-15(2)13-30)17-7-8-26-22(10-17)29-24(31)16-4-5-16/h3,6-12,15-16,30H,4-5,13,25H2,1-2H3,(H,27,28)(H,26,29,31)/t15-/m1/s1. The molecule has 0 spiro atoms. The van der Waals surface area contributed by atoms with Crippen LogP contribution in [0.25, 0.3) is 22.4 Å². The van der Waals surface area contributed by atoms with Crippen LogP contribution in [0.3, 0.4) is 0 Å². The fourth-order valence-corrected chi connectivity index (χ4v) is 3.39. The van der Waals surface area contributed by atoms with Gasteiger partial charge in [0.1, 0.15) is 11.6 Å². The van der Waals surface area contributed by atoms with Crippen molar-refractivity contribution in [3.05, 3.63) is 54.2 Å². The van der Waals surface area contributed by atoms with Gasteiger partial charge in [-0.15, -0.1) is 0 Å². The van der Waals surface area contributed by atoms with E-state index >= 15 is 0 Å². The molecule has 1 amide bonds. The van der Waals surface area contributed by atoms with Crippen LogP contribution >= 0.6 is 0 Å². The van der Waals surface area contributed by atoms with Crippen molar-refractivity contribution in [2.45, 2.75) is 32.7 Å². The number of hydrogen-bond acceptors (Lipinski definition) is 6. The summed E-state index contributed by atoms with van der Waals surface area (Å²) in [7, 11) is 0. The number of nitrogens with zero attached hydrogens (tertiary/aromatic N) is 2. The molecule has 1 saturated carbocycles. The minimum Gasteiger partial charge on any atom is -0.399 e. The summed E-state index contributed by atoms with van der Waals surface area (Å²) in [4.78, 5) is 21.2. The predicted molar refractivity (Wildman–Crippen MR) is 124 cm³/mol. The Morgan fingerprint density at radius 1 is 1.16 bits per heavy atom. The van der Waals surface area contributed by atoms with Crippen LogP contribution in [0.2, 0.25) is 0 Å². The van der Waals surface area contributed by atoms with Gasteiger partial charge in [0.2, 0.25) is 5.91 Å². The number of aliphatic hydroxyl groups is 1. The van der Waals surface area contributed by atoms with Gasteiger partial charge in [-0.3, -0.25) is 4.79 Å². The summed E-state index contributed by atoms with van der Waals surface area (Å²) in [5.41, 5.74) is 11.4. The maximum Gasteiger partial charge on any atom is 0.228 e. The molecule has 0 unspecified atom stereocenters. The largest absolute Gasteiger partial charge is 0.399 e. The molecule has 1 aromatic carbocycles. The van der Waals surface area contributed by atoms with E-state index in [1.54, 1.807) is 6.20 Å². The first-order valence-electron chi connectivity index (χ1n) is 10.5. The minimum absolute atomic E-state index is 0.00877. The number of anilines is 3. The quantitative estimate of drug-likeness (QED) is 0.435. The van der Waals surface area contributed by atoms with Crippen LogP contribution in [0.4, 0.5) is 17.3 Å². The van der Waals surface area contributed by atoms with E-state index < -0.39 is 0 Å². The first-order chi connectivity index (χ1) is 14.9. The Morgan fingerprint density at radius 3 is 2.68 bits per heavy atom. The highest BCUT2D eigenvalue weighted by molar-refractivity contribution is 5.93. The molecule has 0 aliphatic heterocycles. The predicted octanol–water partition coefficient (Wildman–Crippen LogP) is 3.84. The summed E-state index contributed by atoms with van der Waals surface area (Å²) in [5, 5.41) is 15.6. The second-order valence-corrected chi connectivity index (χ2v) is 8.12. The van der Waals surface area contributed by atoms with Crippen LogP contribution in [0.1, 0.15) is 25.3 Å². The lowest BCUT2D eigenvalue weighted by Gasteiger charge is -2.16. The number of aryl methyl sites for hydroxylation is 1. The molecule has 7 heteroatoms.